The summed E-state index contributed by atoms with van der Waals surface area (Å²) < 4.78 is 69.6. The van der Waals surface area contributed by atoms with E-state index in [4.69, 9.17) is 4.52 Å². The molecule has 0 bridgehead atoms. The summed E-state index contributed by atoms with van der Waals surface area (Å²) in [6, 6.07) is 10.7. The number of anilines is 1. The highest BCUT2D eigenvalue weighted by Gasteiger charge is 2.20. The topological polar surface area (TPSA) is 150 Å². The van der Waals surface area contributed by atoms with Crippen LogP contribution in [0.2, 0.25) is 0 Å². The van der Waals surface area contributed by atoms with Gasteiger partial charge in [0.2, 0.25) is 10.0 Å². The minimum Gasteiger partial charge on any atom is -0.364 e. The van der Waals surface area contributed by atoms with Crippen molar-refractivity contribution >= 4 is 25.7 Å². The number of sulfone groups is 1. The Balaban J connectivity index is 1.70. The summed E-state index contributed by atoms with van der Waals surface area (Å²) in [4.78, 5) is 8.25. The maximum Gasteiger partial charge on any atom is 0.248 e. The number of halogens is 1. The standard InChI is InChI=1S/C19H17FN6O5S2/c1-32(27,28)12-33(29,30)25-18-6-8-21-19(22-18)16-10-17(15-7-9-31-24-15)26(23-16)11-13-4-2-3-5-14(13)20/h2-10H,11-12H2,1H3,(H,21,22,25). The lowest BCUT2D eigenvalue weighted by molar-refractivity contribution is 0.421. The van der Waals surface area contributed by atoms with Crippen LogP contribution in [0.15, 0.2) is 59.4 Å². The van der Waals surface area contributed by atoms with E-state index in [9.17, 15) is 21.2 Å². The maximum atomic E-state index is 14.2. The summed E-state index contributed by atoms with van der Waals surface area (Å²) in [6.07, 6.45) is 3.49. The Bertz CT molecular complexity index is 1500. The maximum absolute atomic E-state index is 14.2. The van der Waals surface area contributed by atoms with Crippen molar-refractivity contribution in [3.8, 4) is 22.9 Å². The van der Waals surface area contributed by atoms with Gasteiger partial charge in [-0.25, -0.2) is 31.2 Å². The molecule has 4 rings (SSSR count). The Morgan fingerprint density at radius 3 is 2.58 bits per heavy atom. The summed E-state index contributed by atoms with van der Waals surface area (Å²) in [5.41, 5.74) is 1.58. The van der Waals surface area contributed by atoms with Gasteiger partial charge in [0.25, 0.3) is 0 Å². The fourth-order valence-electron chi connectivity index (χ4n) is 2.99. The van der Waals surface area contributed by atoms with Gasteiger partial charge in [0, 0.05) is 24.1 Å². The molecule has 0 radical (unpaired) electrons. The third-order valence-corrected chi connectivity index (χ3v) is 7.75. The minimum atomic E-state index is -4.19. The van der Waals surface area contributed by atoms with Gasteiger partial charge in [-0.3, -0.25) is 9.40 Å². The zero-order valence-electron chi connectivity index (χ0n) is 17.1. The average molecular weight is 493 g/mol. The second-order valence-corrected chi connectivity index (χ2v) is 11.3. The van der Waals surface area contributed by atoms with Crippen LogP contribution in [0.25, 0.3) is 22.9 Å². The molecule has 33 heavy (non-hydrogen) atoms. The fraction of sp³-hybridized carbons (Fsp3) is 0.158. The lowest BCUT2D eigenvalue weighted by Crippen LogP contribution is -2.22. The van der Waals surface area contributed by atoms with Gasteiger partial charge in [0.1, 0.15) is 29.3 Å². The average Bonchev–Trinajstić information content (AvgIpc) is 3.37. The molecule has 0 aliphatic rings. The van der Waals surface area contributed by atoms with Crippen molar-refractivity contribution in [3.05, 3.63) is 66.3 Å². The van der Waals surface area contributed by atoms with Crippen LogP contribution in [0.1, 0.15) is 5.56 Å². The number of hydrogen-bond acceptors (Lipinski definition) is 9. The predicted octanol–water partition coefficient (Wildman–Crippen LogP) is 1.93. The van der Waals surface area contributed by atoms with E-state index in [2.05, 4.69) is 24.9 Å². The molecule has 172 valence electrons. The van der Waals surface area contributed by atoms with Crippen molar-refractivity contribution in [2.45, 2.75) is 6.54 Å². The van der Waals surface area contributed by atoms with Crippen LogP contribution in [0, 0.1) is 5.82 Å². The second-order valence-electron chi connectivity index (χ2n) is 7.07. The van der Waals surface area contributed by atoms with Gasteiger partial charge in [-0.05, 0) is 18.2 Å². The molecule has 0 spiro atoms. The molecule has 1 aromatic carbocycles. The van der Waals surface area contributed by atoms with Gasteiger partial charge >= 0.3 is 0 Å². The Morgan fingerprint density at radius 1 is 1.09 bits per heavy atom. The molecule has 0 fully saturated rings. The molecule has 0 saturated carbocycles. The van der Waals surface area contributed by atoms with E-state index in [1.165, 1.54) is 29.3 Å². The molecule has 1 N–H and O–H groups in total. The molecule has 0 unspecified atom stereocenters. The molecule has 0 aliphatic carbocycles. The predicted molar refractivity (Wildman–Crippen MR) is 117 cm³/mol. The SMILES string of the molecule is CS(=O)(=O)CS(=O)(=O)Nc1ccnc(-c2cc(-c3ccon3)n(Cc3ccccc3F)n2)n1. The first-order chi connectivity index (χ1) is 15.6. The van der Waals surface area contributed by atoms with E-state index < -0.39 is 30.8 Å². The molecular formula is C19H17FN6O5S2. The van der Waals surface area contributed by atoms with Gasteiger partial charge in [-0.2, -0.15) is 5.10 Å². The second kappa shape index (κ2) is 8.71. The van der Waals surface area contributed by atoms with Crippen molar-refractivity contribution in [3.63, 3.8) is 0 Å². The van der Waals surface area contributed by atoms with Crippen LogP contribution in [-0.2, 0) is 26.4 Å². The molecule has 3 aromatic heterocycles. The molecule has 11 nitrogen and oxygen atoms in total. The minimum absolute atomic E-state index is 0.0617. The highest BCUT2D eigenvalue weighted by molar-refractivity contribution is 8.08. The van der Waals surface area contributed by atoms with Crippen LogP contribution >= 0.6 is 0 Å². The van der Waals surface area contributed by atoms with E-state index in [0.717, 1.165) is 6.26 Å². The summed E-state index contributed by atoms with van der Waals surface area (Å²) in [6.45, 7) is 0.0789. The smallest absolute Gasteiger partial charge is 0.248 e. The van der Waals surface area contributed by atoms with Crippen molar-refractivity contribution in [2.75, 3.05) is 16.1 Å². The van der Waals surface area contributed by atoms with Crippen molar-refractivity contribution in [1.29, 1.82) is 0 Å². The molecule has 3 heterocycles. The molecular weight excluding hydrogens is 475 g/mol. The normalized spacial score (nSPS) is 12.1. The lowest BCUT2D eigenvalue weighted by atomic mass is 10.2. The number of aromatic nitrogens is 5. The zero-order chi connectivity index (χ0) is 23.6. The highest BCUT2D eigenvalue weighted by Crippen LogP contribution is 2.25. The van der Waals surface area contributed by atoms with Gasteiger partial charge in [-0.15, -0.1) is 0 Å². The highest BCUT2D eigenvalue weighted by atomic mass is 32.3. The van der Waals surface area contributed by atoms with Crippen LogP contribution < -0.4 is 4.72 Å². The van der Waals surface area contributed by atoms with Crippen molar-refractivity contribution in [2.24, 2.45) is 0 Å². The number of nitrogens with one attached hydrogen (secondary N) is 1. The van der Waals surface area contributed by atoms with Gasteiger partial charge in [-0.1, -0.05) is 23.4 Å². The van der Waals surface area contributed by atoms with E-state index in [-0.39, 0.29) is 23.9 Å². The molecule has 0 aliphatic heterocycles. The summed E-state index contributed by atoms with van der Waals surface area (Å²) in [5, 5.41) is 7.25. The van der Waals surface area contributed by atoms with Crippen LogP contribution in [-0.4, -0.2) is 53.1 Å². The first kappa shape index (κ1) is 22.5. The number of nitrogens with zero attached hydrogens (tertiary/aromatic N) is 5. The number of hydrogen-bond donors (Lipinski definition) is 1. The van der Waals surface area contributed by atoms with E-state index >= 15 is 0 Å². The van der Waals surface area contributed by atoms with Gasteiger partial charge in [0.15, 0.2) is 20.7 Å². The Kier molecular flexibility index (Phi) is 5.95. The Labute approximate surface area is 188 Å². The zero-order valence-corrected chi connectivity index (χ0v) is 18.7. The van der Waals surface area contributed by atoms with Crippen molar-refractivity contribution < 1.29 is 25.7 Å². The van der Waals surface area contributed by atoms with Gasteiger partial charge in [0.05, 0.1) is 12.2 Å². The Hall–Kier alpha value is -3.65. The first-order valence-corrected chi connectivity index (χ1v) is 13.0. The van der Waals surface area contributed by atoms with Crippen LogP contribution in [0.5, 0.6) is 0 Å². The lowest BCUT2D eigenvalue weighted by Gasteiger charge is -2.07. The third kappa shape index (κ3) is 5.59. The number of sulfonamides is 1. The molecule has 4 aromatic rings. The summed E-state index contributed by atoms with van der Waals surface area (Å²) in [7, 11) is -7.97. The third-order valence-electron chi connectivity index (χ3n) is 4.27. The molecule has 0 saturated heterocycles. The summed E-state index contributed by atoms with van der Waals surface area (Å²) in [5.74, 6) is -0.471. The number of benzene rings is 1. The van der Waals surface area contributed by atoms with E-state index in [1.807, 2.05) is 0 Å². The van der Waals surface area contributed by atoms with E-state index in [1.54, 1.807) is 30.3 Å². The summed E-state index contributed by atoms with van der Waals surface area (Å²) >= 11 is 0. The quantitative estimate of drug-likeness (QED) is 0.389. The monoisotopic (exact) mass is 492 g/mol. The van der Waals surface area contributed by atoms with Crippen LogP contribution in [0.3, 0.4) is 0 Å². The molecule has 0 amide bonds. The molecule has 14 heteroatoms. The van der Waals surface area contributed by atoms with Crippen molar-refractivity contribution in [1.82, 2.24) is 24.9 Å². The van der Waals surface area contributed by atoms with E-state index in [0.29, 0.717) is 17.0 Å². The molecule has 0 atom stereocenters. The number of rotatable bonds is 8. The van der Waals surface area contributed by atoms with Gasteiger partial charge < -0.3 is 4.52 Å². The largest absolute Gasteiger partial charge is 0.364 e. The van der Waals surface area contributed by atoms with Crippen LogP contribution in [0.4, 0.5) is 10.2 Å². The Morgan fingerprint density at radius 2 is 1.88 bits per heavy atom. The first-order valence-electron chi connectivity index (χ1n) is 9.33. The fourth-order valence-corrected chi connectivity index (χ4v) is 5.92.